The number of pyridine rings is 1. The molecule has 18 heavy (non-hydrogen) atoms. The Labute approximate surface area is 103 Å². The molecule has 0 spiro atoms. The highest BCUT2D eigenvalue weighted by molar-refractivity contribution is 5.77. The summed E-state index contributed by atoms with van der Waals surface area (Å²) in [5.41, 5.74) is 8.58. The zero-order chi connectivity index (χ0) is 12.5. The van der Waals surface area contributed by atoms with E-state index in [4.69, 9.17) is 10.3 Å². The van der Waals surface area contributed by atoms with Gasteiger partial charge in [0.1, 0.15) is 5.52 Å². The van der Waals surface area contributed by atoms with E-state index in [9.17, 15) is 0 Å². The van der Waals surface area contributed by atoms with Gasteiger partial charge in [-0.05, 0) is 18.6 Å². The number of rotatable bonds is 3. The van der Waals surface area contributed by atoms with Crippen molar-refractivity contribution < 1.29 is 4.52 Å². The number of nitrogen functional groups attached to an aromatic ring is 1. The van der Waals surface area contributed by atoms with Gasteiger partial charge in [0.2, 0.25) is 11.8 Å². The summed E-state index contributed by atoms with van der Waals surface area (Å²) in [4.78, 5) is 12.6. The van der Waals surface area contributed by atoms with Gasteiger partial charge < -0.3 is 10.3 Å². The molecule has 3 rings (SSSR count). The third-order valence-electron chi connectivity index (χ3n) is 2.82. The average Bonchev–Trinajstić information content (AvgIpc) is 2.95. The maximum atomic E-state index is 5.91. The maximum absolute atomic E-state index is 5.91. The van der Waals surface area contributed by atoms with E-state index >= 15 is 0 Å². The summed E-state index contributed by atoms with van der Waals surface area (Å²) in [6.45, 7) is 2.60. The van der Waals surface area contributed by atoms with Gasteiger partial charge in [0, 0.05) is 19.2 Å². The Morgan fingerprint density at radius 2 is 2.28 bits per heavy atom. The lowest BCUT2D eigenvalue weighted by atomic mass is 10.3. The second-order valence-electron chi connectivity index (χ2n) is 4.01. The van der Waals surface area contributed by atoms with Gasteiger partial charge in [-0.3, -0.25) is 4.57 Å². The molecule has 7 heteroatoms. The molecule has 0 amide bonds. The molecule has 3 aromatic rings. The Kier molecular flexibility index (Phi) is 2.44. The van der Waals surface area contributed by atoms with Crippen LogP contribution in [-0.4, -0.2) is 24.7 Å². The third kappa shape index (κ3) is 1.69. The molecular weight excluding hydrogens is 232 g/mol. The molecule has 0 bridgehead atoms. The number of hydrogen-bond acceptors (Lipinski definition) is 6. The highest BCUT2D eigenvalue weighted by Crippen LogP contribution is 2.18. The number of aromatic nitrogens is 5. The summed E-state index contributed by atoms with van der Waals surface area (Å²) >= 11 is 0. The lowest BCUT2D eigenvalue weighted by molar-refractivity contribution is 0.371. The van der Waals surface area contributed by atoms with Gasteiger partial charge >= 0.3 is 0 Å². The fourth-order valence-corrected chi connectivity index (χ4v) is 1.89. The van der Waals surface area contributed by atoms with Gasteiger partial charge in [0.25, 0.3) is 0 Å². The Bertz CT molecular complexity index is 672. The molecule has 0 saturated carbocycles. The molecular formula is C11H12N6O. The fourth-order valence-electron chi connectivity index (χ4n) is 1.89. The summed E-state index contributed by atoms with van der Waals surface area (Å²) in [6.07, 6.45) is 3.74. The zero-order valence-electron chi connectivity index (χ0n) is 9.87. The van der Waals surface area contributed by atoms with Crippen LogP contribution < -0.4 is 5.73 Å². The molecule has 3 heterocycles. The van der Waals surface area contributed by atoms with Crippen molar-refractivity contribution >= 4 is 17.1 Å². The van der Waals surface area contributed by atoms with Crippen LogP contribution in [0.4, 0.5) is 5.95 Å². The van der Waals surface area contributed by atoms with Crippen LogP contribution in [0.3, 0.4) is 0 Å². The van der Waals surface area contributed by atoms with Crippen LogP contribution in [-0.2, 0) is 13.0 Å². The van der Waals surface area contributed by atoms with Gasteiger partial charge in [-0.25, -0.2) is 9.97 Å². The molecule has 7 nitrogen and oxygen atoms in total. The van der Waals surface area contributed by atoms with Crippen molar-refractivity contribution in [2.45, 2.75) is 19.9 Å². The van der Waals surface area contributed by atoms with Gasteiger partial charge in [-0.1, -0.05) is 5.16 Å². The van der Waals surface area contributed by atoms with Crippen LogP contribution in [0, 0.1) is 6.92 Å². The quantitative estimate of drug-likeness (QED) is 0.736. The number of hydrogen-bond donors (Lipinski definition) is 1. The van der Waals surface area contributed by atoms with E-state index in [-0.39, 0.29) is 0 Å². The monoisotopic (exact) mass is 244 g/mol. The SMILES string of the molecule is Cc1ccnc2c1nc(N)n2CCc1ncno1. The van der Waals surface area contributed by atoms with Gasteiger partial charge in [0.05, 0.1) is 0 Å². The topological polar surface area (TPSA) is 95.7 Å². The molecule has 0 saturated heterocycles. The van der Waals surface area contributed by atoms with Crippen molar-refractivity contribution in [1.82, 2.24) is 24.7 Å². The lowest BCUT2D eigenvalue weighted by Gasteiger charge is -2.03. The lowest BCUT2D eigenvalue weighted by Crippen LogP contribution is -2.06. The minimum Gasteiger partial charge on any atom is -0.369 e. The Morgan fingerprint density at radius 3 is 3.06 bits per heavy atom. The van der Waals surface area contributed by atoms with Crippen LogP contribution in [0.1, 0.15) is 11.5 Å². The minimum absolute atomic E-state index is 0.450. The van der Waals surface area contributed by atoms with Crippen molar-refractivity contribution in [2.75, 3.05) is 5.73 Å². The van der Waals surface area contributed by atoms with E-state index in [1.54, 1.807) is 6.20 Å². The van der Waals surface area contributed by atoms with Gasteiger partial charge in [0.15, 0.2) is 12.0 Å². The van der Waals surface area contributed by atoms with Crippen LogP contribution in [0.5, 0.6) is 0 Å². The molecule has 0 fully saturated rings. The van der Waals surface area contributed by atoms with Gasteiger partial charge in [-0.15, -0.1) is 0 Å². The fraction of sp³-hybridized carbons (Fsp3) is 0.273. The Hall–Kier alpha value is -2.44. The van der Waals surface area contributed by atoms with Crippen LogP contribution in [0.25, 0.3) is 11.2 Å². The van der Waals surface area contributed by atoms with Crippen molar-refractivity contribution in [2.24, 2.45) is 0 Å². The van der Waals surface area contributed by atoms with Crippen molar-refractivity contribution in [3.63, 3.8) is 0 Å². The largest absolute Gasteiger partial charge is 0.369 e. The van der Waals surface area contributed by atoms with E-state index in [0.717, 1.165) is 16.7 Å². The molecule has 0 atom stereocenters. The third-order valence-corrected chi connectivity index (χ3v) is 2.82. The molecule has 0 aliphatic carbocycles. The van der Waals surface area contributed by atoms with E-state index in [1.807, 2.05) is 17.6 Å². The summed E-state index contributed by atoms with van der Waals surface area (Å²) < 4.78 is 6.81. The first-order valence-electron chi connectivity index (χ1n) is 5.58. The van der Waals surface area contributed by atoms with Gasteiger partial charge in [-0.2, -0.15) is 4.98 Å². The van der Waals surface area contributed by atoms with E-state index in [0.29, 0.717) is 24.8 Å². The molecule has 3 aromatic heterocycles. The molecule has 0 radical (unpaired) electrons. The van der Waals surface area contributed by atoms with Crippen molar-refractivity contribution in [3.05, 3.63) is 30.0 Å². The van der Waals surface area contributed by atoms with Crippen molar-refractivity contribution in [3.8, 4) is 0 Å². The normalized spacial score (nSPS) is 11.2. The second kappa shape index (κ2) is 4.10. The standard InChI is InChI=1S/C11H12N6O/c1-7-2-4-13-10-9(7)16-11(12)17(10)5-3-8-14-6-15-18-8/h2,4,6H,3,5H2,1H3,(H2,12,16). The molecule has 0 aliphatic rings. The summed E-state index contributed by atoms with van der Waals surface area (Å²) in [6, 6.07) is 1.91. The van der Waals surface area contributed by atoms with Crippen molar-refractivity contribution in [1.29, 1.82) is 0 Å². The molecule has 0 aliphatic heterocycles. The number of nitrogens with two attached hydrogens (primary N) is 1. The second-order valence-corrected chi connectivity index (χ2v) is 4.01. The van der Waals surface area contributed by atoms with Crippen LogP contribution in [0.2, 0.25) is 0 Å². The van der Waals surface area contributed by atoms with Crippen LogP contribution in [0.15, 0.2) is 23.1 Å². The van der Waals surface area contributed by atoms with E-state index < -0.39 is 0 Å². The predicted octanol–water partition coefficient (Wildman–Crippen LogP) is 0.948. The molecule has 2 N–H and O–H groups in total. The maximum Gasteiger partial charge on any atom is 0.228 e. The molecule has 92 valence electrons. The first kappa shape index (κ1) is 10.7. The first-order valence-corrected chi connectivity index (χ1v) is 5.58. The smallest absolute Gasteiger partial charge is 0.228 e. The molecule has 0 unspecified atom stereocenters. The number of anilines is 1. The highest BCUT2D eigenvalue weighted by atomic mass is 16.5. The minimum atomic E-state index is 0.450. The summed E-state index contributed by atoms with van der Waals surface area (Å²) in [5, 5.41) is 3.56. The average molecular weight is 244 g/mol. The molecule has 0 aromatic carbocycles. The van der Waals surface area contributed by atoms with Crippen LogP contribution >= 0.6 is 0 Å². The van der Waals surface area contributed by atoms with E-state index in [2.05, 4.69) is 20.1 Å². The van der Waals surface area contributed by atoms with E-state index in [1.165, 1.54) is 6.33 Å². The number of nitrogens with zero attached hydrogens (tertiary/aromatic N) is 5. The predicted molar refractivity (Wildman–Crippen MR) is 64.7 cm³/mol. The first-order chi connectivity index (χ1) is 8.75. The number of fused-ring (bicyclic) bond motifs is 1. The number of aryl methyl sites for hydroxylation is 3. The highest BCUT2D eigenvalue weighted by Gasteiger charge is 2.11. The summed E-state index contributed by atoms with van der Waals surface area (Å²) in [7, 11) is 0. The number of imidazole rings is 1. The Balaban J connectivity index is 1.96. The zero-order valence-corrected chi connectivity index (χ0v) is 9.87. The Morgan fingerprint density at radius 1 is 1.39 bits per heavy atom. The summed E-state index contributed by atoms with van der Waals surface area (Å²) in [5.74, 6) is 1.02.